The Labute approximate surface area is 158 Å². The molecule has 0 aliphatic carbocycles. The molecule has 0 spiro atoms. The number of hydrogen-bond donors (Lipinski definition) is 1. The van der Waals surface area contributed by atoms with E-state index in [1.807, 2.05) is 35.0 Å². The van der Waals surface area contributed by atoms with Gasteiger partial charge in [0.1, 0.15) is 0 Å². The summed E-state index contributed by atoms with van der Waals surface area (Å²) in [4.78, 5) is 16.6. The second kappa shape index (κ2) is 8.23. The van der Waals surface area contributed by atoms with Crippen LogP contribution in [0.1, 0.15) is 23.6 Å². The first kappa shape index (κ1) is 18.3. The van der Waals surface area contributed by atoms with Gasteiger partial charge in [0, 0.05) is 23.8 Å². The first-order valence-electron chi connectivity index (χ1n) is 8.69. The Morgan fingerprint density at radius 2 is 1.81 bits per heavy atom. The van der Waals surface area contributed by atoms with Crippen LogP contribution in [0.15, 0.2) is 60.0 Å². The molecule has 1 amide bonds. The van der Waals surface area contributed by atoms with Crippen molar-refractivity contribution in [2.45, 2.75) is 32.3 Å². The third-order valence-corrected chi connectivity index (χ3v) is 5.04. The molecule has 3 rings (SSSR count). The van der Waals surface area contributed by atoms with Crippen molar-refractivity contribution < 1.29 is 4.79 Å². The van der Waals surface area contributed by atoms with Crippen molar-refractivity contribution in [2.24, 2.45) is 0 Å². The summed E-state index contributed by atoms with van der Waals surface area (Å²) in [5, 5.41) is 3.75. The minimum Gasteiger partial charge on any atom is -0.325 e. The first-order chi connectivity index (χ1) is 12.5. The summed E-state index contributed by atoms with van der Waals surface area (Å²) < 4.78 is 2.02. The van der Waals surface area contributed by atoms with Gasteiger partial charge in [-0.2, -0.15) is 0 Å². The molecule has 1 N–H and O–H groups in total. The van der Waals surface area contributed by atoms with Crippen molar-refractivity contribution in [3.63, 3.8) is 0 Å². The Hall–Kier alpha value is -2.53. The van der Waals surface area contributed by atoms with Crippen LogP contribution in [0, 0.1) is 13.8 Å². The van der Waals surface area contributed by atoms with Gasteiger partial charge in [-0.15, -0.1) is 0 Å². The maximum atomic E-state index is 12.2. The molecule has 3 aromatic rings. The number of rotatable bonds is 6. The second-order valence-electron chi connectivity index (χ2n) is 6.31. The fourth-order valence-corrected chi connectivity index (χ4v) is 3.61. The van der Waals surface area contributed by atoms with Gasteiger partial charge in [0.25, 0.3) is 0 Å². The number of carbonyl (C=O) groups excluding carboxylic acids is 1. The lowest BCUT2D eigenvalue weighted by molar-refractivity contribution is -0.113. The third-order valence-electron chi connectivity index (χ3n) is 4.07. The molecule has 0 aliphatic rings. The number of aromatic nitrogens is 2. The van der Waals surface area contributed by atoms with Crippen LogP contribution in [-0.2, 0) is 11.2 Å². The number of nitrogens with one attached hydrogen (secondary N) is 1. The monoisotopic (exact) mass is 365 g/mol. The molecule has 1 aromatic heterocycles. The van der Waals surface area contributed by atoms with Gasteiger partial charge in [0.15, 0.2) is 5.16 Å². The number of anilines is 1. The van der Waals surface area contributed by atoms with Gasteiger partial charge in [-0.05, 0) is 61.2 Å². The molecule has 1 heterocycles. The lowest BCUT2D eigenvalue weighted by Gasteiger charge is -2.10. The summed E-state index contributed by atoms with van der Waals surface area (Å²) in [5.41, 5.74) is 5.56. The van der Waals surface area contributed by atoms with Crippen LogP contribution in [0.3, 0.4) is 0 Å². The van der Waals surface area contributed by atoms with Crippen molar-refractivity contribution in [3.8, 4) is 5.69 Å². The van der Waals surface area contributed by atoms with Gasteiger partial charge in [-0.1, -0.05) is 36.9 Å². The Morgan fingerprint density at radius 3 is 2.46 bits per heavy atom. The summed E-state index contributed by atoms with van der Waals surface area (Å²) in [5.74, 6) is 0.284. The smallest absolute Gasteiger partial charge is 0.234 e. The lowest BCUT2D eigenvalue weighted by atomic mass is 10.1. The van der Waals surface area contributed by atoms with Crippen molar-refractivity contribution >= 4 is 23.4 Å². The molecule has 134 valence electrons. The highest BCUT2D eigenvalue weighted by Gasteiger charge is 2.10. The molecule has 2 aromatic carbocycles. The fourth-order valence-electron chi connectivity index (χ4n) is 2.83. The highest BCUT2D eigenvalue weighted by molar-refractivity contribution is 7.99. The molecule has 4 nitrogen and oxygen atoms in total. The van der Waals surface area contributed by atoms with E-state index in [4.69, 9.17) is 0 Å². The number of imidazole rings is 1. The van der Waals surface area contributed by atoms with Crippen LogP contribution >= 0.6 is 11.8 Å². The number of amides is 1. The number of aryl methyl sites for hydroxylation is 3. The van der Waals surface area contributed by atoms with E-state index < -0.39 is 0 Å². The van der Waals surface area contributed by atoms with Gasteiger partial charge in [-0.25, -0.2) is 4.98 Å². The van der Waals surface area contributed by atoms with Crippen LogP contribution < -0.4 is 5.32 Å². The average molecular weight is 366 g/mol. The predicted molar refractivity (Wildman–Crippen MR) is 108 cm³/mol. The summed E-state index contributed by atoms with van der Waals surface area (Å²) in [7, 11) is 0. The van der Waals surface area contributed by atoms with Gasteiger partial charge in [0.2, 0.25) is 5.91 Å². The molecule has 0 bridgehead atoms. The third kappa shape index (κ3) is 4.55. The Kier molecular flexibility index (Phi) is 5.78. The number of nitrogens with zero attached hydrogens (tertiary/aromatic N) is 2. The van der Waals surface area contributed by atoms with Crippen LogP contribution in [-0.4, -0.2) is 21.2 Å². The molecular weight excluding hydrogens is 342 g/mol. The highest BCUT2D eigenvalue weighted by Crippen LogP contribution is 2.22. The SMILES string of the molecule is CCc1ccc(NC(=O)CSc2nccn2-c2cc(C)cc(C)c2)cc1. The molecule has 5 heteroatoms. The summed E-state index contributed by atoms with van der Waals surface area (Å²) >= 11 is 1.44. The van der Waals surface area contributed by atoms with Crippen LogP contribution in [0.4, 0.5) is 5.69 Å². The van der Waals surface area contributed by atoms with Crippen molar-refractivity contribution in [1.82, 2.24) is 9.55 Å². The number of carbonyl (C=O) groups is 1. The van der Waals surface area contributed by atoms with Gasteiger partial charge >= 0.3 is 0 Å². The Morgan fingerprint density at radius 1 is 1.12 bits per heavy atom. The highest BCUT2D eigenvalue weighted by atomic mass is 32.2. The minimum atomic E-state index is -0.0331. The molecule has 0 aliphatic heterocycles. The zero-order valence-corrected chi connectivity index (χ0v) is 16.1. The molecule has 0 fully saturated rings. The molecule has 0 saturated heterocycles. The van der Waals surface area contributed by atoms with Crippen molar-refractivity contribution in [1.29, 1.82) is 0 Å². The maximum Gasteiger partial charge on any atom is 0.234 e. The van der Waals surface area contributed by atoms with Crippen LogP contribution in [0.2, 0.25) is 0 Å². The maximum absolute atomic E-state index is 12.2. The summed E-state index contributed by atoms with van der Waals surface area (Å²) in [6.07, 6.45) is 4.68. The van der Waals surface area contributed by atoms with E-state index in [-0.39, 0.29) is 5.91 Å². The van der Waals surface area contributed by atoms with E-state index in [0.29, 0.717) is 5.75 Å². The van der Waals surface area contributed by atoms with Gasteiger partial charge in [-0.3, -0.25) is 9.36 Å². The zero-order chi connectivity index (χ0) is 18.5. The number of thioether (sulfide) groups is 1. The minimum absolute atomic E-state index is 0.0331. The first-order valence-corrected chi connectivity index (χ1v) is 9.67. The van der Waals surface area contributed by atoms with E-state index in [9.17, 15) is 4.79 Å². The van der Waals surface area contributed by atoms with Crippen molar-refractivity contribution in [3.05, 3.63) is 71.5 Å². The van der Waals surface area contributed by atoms with Crippen LogP contribution in [0.5, 0.6) is 0 Å². The quantitative estimate of drug-likeness (QED) is 0.639. The molecule has 0 saturated carbocycles. The summed E-state index contributed by atoms with van der Waals surface area (Å²) in [6.45, 7) is 6.27. The average Bonchev–Trinajstić information content (AvgIpc) is 3.08. The summed E-state index contributed by atoms with van der Waals surface area (Å²) in [6, 6.07) is 14.3. The van der Waals surface area contributed by atoms with Crippen LogP contribution in [0.25, 0.3) is 5.69 Å². The van der Waals surface area contributed by atoms with E-state index >= 15 is 0 Å². The molecular formula is C21H23N3OS. The largest absolute Gasteiger partial charge is 0.325 e. The fraction of sp³-hybridized carbons (Fsp3) is 0.238. The van der Waals surface area contributed by atoms with E-state index in [1.165, 1.54) is 28.5 Å². The van der Waals surface area contributed by atoms with E-state index in [0.717, 1.165) is 23.0 Å². The molecule has 0 unspecified atom stereocenters. The normalized spacial score (nSPS) is 10.7. The molecule has 0 atom stereocenters. The zero-order valence-electron chi connectivity index (χ0n) is 15.3. The van der Waals surface area contributed by atoms with E-state index in [1.54, 1.807) is 6.20 Å². The number of hydrogen-bond acceptors (Lipinski definition) is 3. The molecule has 0 radical (unpaired) electrons. The topological polar surface area (TPSA) is 46.9 Å². The van der Waals surface area contributed by atoms with Gasteiger partial charge in [0.05, 0.1) is 5.75 Å². The Balaban J connectivity index is 1.64. The standard InChI is InChI=1S/C21H23N3OS/c1-4-17-5-7-18(8-6-17)23-20(25)14-26-21-22-9-10-24(21)19-12-15(2)11-16(3)13-19/h5-13H,4,14H2,1-3H3,(H,23,25). The number of benzene rings is 2. The molecule has 26 heavy (non-hydrogen) atoms. The Bertz CT molecular complexity index is 880. The van der Waals surface area contributed by atoms with E-state index in [2.05, 4.69) is 49.3 Å². The lowest BCUT2D eigenvalue weighted by Crippen LogP contribution is -2.14. The van der Waals surface area contributed by atoms with Gasteiger partial charge < -0.3 is 5.32 Å². The second-order valence-corrected chi connectivity index (χ2v) is 7.26. The predicted octanol–water partition coefficient (Wildman–Crippen LogP) is 4.78. The van der Waals surface area contributed by atoms with Crippen molar-refractivity contribution in [2.75, 3.05) is 11.1 Å².